The molecule has 0 unspecified atom stereocenters. The Kier molecular flexibility index (Phi) is 2.94. The topological polar surface area (TPSA) is 110 Å². The fraction of sp³-hybridized carbons (Fsp3) is 0.333. The molecule has 1 fully saturated rings. The number of piperazine rings is 1. The van der Waals surface area contributed by atoms with Gasteiger partial charge >= 0.3 is 0 Å². The van der Waals surface area contributed by atoms with Crippen molar-refractivity contribution in [2.75, 3.05) is 18.8 Å². The molecular formula is C12H13N5O3S. The number of carbonyl (C=O) groups is 3. The molecule has 1 saturated heterocycles. The molecule has 110 valence electrons. The third kappa shape index (κ3) is 2.05. The first-order valence-electron chi connectivity index (χ1n) is 6.22. The maximum Gasteiger partial charge on any atom is 0.267 e. The number of hydrogen-bond acceptors (Lipinski definition) is 6. The van der Waals surface area contributed by atoms with Gasteiger partial charge in [-0.25, -0.2) is 0 Å². The van der Waals surface area contributed by atoms with Crippen molar-refractivity contribution < 1.29 is 14.4 Å². The van der Waals surface area contributed by atoms with E-state index in [0.717, 1.165) is 15.9 Å². The average molecular weight is 307 g/mol. The van der Waals surface area contributed by atoms with Gasteiger partial charge in [0.25, 0.3) is 5.91 Å². The summed E-state index contributed by atoms with van der Waals surface area (Å²) in [7, 11) is 1.78. The molecule has 3 N–H and O–H groups in total. The number of carbonyl (C=O) groups excluding carboxylic acids is 3. The first-order chi connectivity index (χ1) is 9.88. The number of nitrogens with zero attached hydrogens (tertiary/aromatic N) is 3. The molecular weight excluding hydrogens is 294 g/mol. The van der Waals surface area contributed by atoms with Gasteiger partial charge in [-0.3, -0.25) is 24.4 Å². The number of imide groups is 1. The van der Waals surface area contributed by atoms with Crippen molar-refractivity contribution in [2.24, 2.45) is 7.05 Å². The third-order valence-corrected chi connectivity index (χ3v) is 4.57. The minimum Gasteiger partial charge on any atom is -0.397 e. The van der Waals surface area contributed by atoms with Gasteiger partial charge in [0, 0.05) is 7.05 Å². The third-order valence-electron chi connectivity index (χ3n) is 3.31. The van der Waals surface area contributed by atoms with E-state index in [4.69, 9.17) is 5.73 Å². The molecule has 0 bridgehead atoms. The Morgan fingerprint density at radius 2 is 1.95 bits per heavy atom. The minimum atomic E-state index is -0.489. The number of thiophene rings is 1. The molecule has 3 heterocycles. The number of hydrogen-bond donors (Lipinski definition) is 2. The SMILES string of the molecule is Cc1nn(C)c2sc(C(=O)N3CC(=O)NC(=O)C3)c(N)c12. The van der Waals surface area contributed by atoms with Crippen LogP contribution in [0, 0.1) is 6.92 Å². The largest absolute Gasteiger partial charge is 0.397 e. The average Bonchev–Trinajstić information content (AvgIpc) is 2.87. The van der Waals surface area contributed by atoms with Gasteiger partial charge in [0.2, 0.25) is 11.8 Å². The fourth-order valence-corrected chi connectivity index (χ4v) is 3.57. The van der Waals surface area contributed by atoms with Crippen LogP contribution in [0.1, 0.15) is 15.4 Å². The van der Waals surface area contributed by atoms with E-state index in [1.54, 1.807) is 11.7 Å². The van der Waals surface area contributed by atoms with Crippen LogP contribution in [0.5, 0.6) is 0 Å². The molecule has 0 aromatic carbocycles. The Labute approximate surface area is 123 Å². The van der Waals surface area contributed by atoms with Crippen LogP contribution in [-0.2, 0) is 16.6 Å². The van der Waals surface area contributed by atoms with Crippen LogP contribution in [0.2, 0.25) is 0 Å². The zero-order valence-electron chi connectivity index (χ0n) is 11.5. The van der Waals surface area contributed by atoms with E-state index in [1.807, 2.05) is 6.92 Å². The van der Waals surface area contributed by atoms with E-state index in [9.17, 15) is 14.4 Å². The van der Waals surface area contributed by atoms with Crippen LogP contribution < -0.4 is 11.1 Å². The molecule has 1 aliphatic rings. The van der Waals surface area contributed by atoms with Crippen molar-refractivity contribution >= 4 is 45.0 Å². The number of nitrogens with two attached hydrogens (primary N) is 1. The van der Waals surface area contributed by atoms with Crippen LogP contribution in [0.15, 0.2) is 0 Å². The molecule has 1 aliphatic heterocycles. The van der Waals surface area contributed by atoms with Crippen molar-refractivity contribution in [3.05, 3.63) is 10.6 Å². The van der Waals surface area contributed by atoms with Crippen LogP contribution >= 0.6 is 11.3 Å². The van der Waals surface area contributed by atoms with Crippen molar-refractivity contribution in [3.63, 3.8) is 0 Å². The van der Waals surface area contributed by atoms with Crippen LogP contribution in [0.4, 0.5) is 5.69 Å². The Bertz CT molecular complexity index is 775. The summed E-state index contributed by atoms with van der Waals surface area (Å²) in [5.74, 6) is -1.38. The summed E-state index contributed by atoms with van der Waals surface area (Å²) >= 11 is 1.22. The Morgan fingerprint density at radius 1 is 1.33 bits per heavy atom. The fourth-order valence-electron chi connectivity index (χ4n) is 2.41. The maximum atomic E-state index is 12.5. The lowest BCUT2D eigenvalue weighted by atomic mass is 10.2. The second kappa shape index (κ2) is 4.55. The number of aryl methyl sites for hydroxylation is 2. The number of nitrogen functional groups attached to an aromatic ring is 1. The molecule has 8 nitrogen and oxygen atoms in total. The van der Waals surface area contributed by atoms with Gasteiger partial charge in [-0.05, 0) is 6.92 Å². The Morgan fingerprint density at radius 3 is 2.52 bits per heavy atom. The monoisotopic (exact) mass is 307 g/mol. The minimum absolute atomic E-state index is 0.143. The van der Waals surface area contributed by atoms with Gasteiger partial charge in [-0.2, -0.15) is 5.10 Å². The number of rotatable bonds is 1. The number of amides is 3. The molecule has 3 rings (SSSR count). The van der Waals surface area contributed by atoms with Gasteiger partial charge in [0.05, 0.1) is 16.8 Å². The highest BCUT2D eigenvalue weighted by Gasteiger charge is 2.30. The summed E-state index contributed by atoms with van der Waals surface area (Å²) in [4.78, 5) is 37.6. The second-order valence-corrected chi connectivity index (χ2v) is 5.87. The van der Waals surface area contributed by atoms with E-state index in [2.05, 4.69) is 10.4 Å². The van der Waals surface area contributed by atoms with E-state index < -0.39 is 17.7 Å². The molecule has 0 aliphatic carbocycles. The second-order valence-electron chi connectivity index (χ2n) is 4.87. The summed E-state index contributed by atoms with van der Waals surface area (Å²) in [5, 5.41) is 7.16. The number of aromatic nitrogens is 2. The van der Waals surface area contributed by atoms with Crippen molar-refractivity contribution in [3.8, 4) is 0 Å². The highest BCUT2D eigenvalue weighted by Crippen LogP contribution is 2.36. The summed E-state index contributed by atoms with van der Waals surface area (Å²) in [5.41, 5.74) is 7.15. The lowest BCUT2D eigenvalue weighted by molar-refractivity contribution is -0.135. The number of fused-ring (bicyclic) bond motifs is 1. The summed E-state index contributed by atoms with van der Waals surface area (Å²) < 4.78 is 1.66. The predicted octanol–water partition coefficient (Wildman–Crippen LogP) is -0.376. The van der Waals surface area contributed by atoms with Gasteiger partial charge in [-0.15, -0.1) is 11.3 Å². The standard InChI is InChI=1S/C12H13N5O3S/c1-5-8-9(13)10(21-12(8)16(2)15-5)11(20)17-3-6(18)14-7(19)4-17/h3-4,13H2,1-2H3,(H,14,18,19). The smallest absolute Gasteiger partial charge is 0.267 e. The Hall–Kier alpha value is -2.42. The molecule has 2 aromatic heterocycles. The first kappa shape index (κ1) is 13.6. The number of nitrogens with one attached hydrogen (secondary N) is 1. The first-order valence-corrected chi connectivity index (χ1v) is 7.03. The van der Waals surface area contributed by atoms with Crippen LogP contribution in [0.25, 0.3) is 10.2 Å². The maximum absolute atomic E-state index is 12.5. The highest BCUT2D eigenvalue weighted by atomic mass is 32.1. The van der Waals surface area contributed by atoms with Crippen molar-refractivity contribution in [1.82, 2.24) is 20.0 Å². The quantitative estimate of drug-likeness (QED) is 0.698. The molecule has 9 heteroatoms. The van der Waals surface area contributed by atoms with Gasteiger partial charge in [0.1, 0.15) is 22.8 Å². The van der Waals surface area contributed by atoms with Gasteiger partial charge in [-0.1, -0.05) is 0 Å². The van der Waals surface area contributed by atoms with E-state index in [-0.39, 0.29) is 13.1 Å². The van der Waals surface area contributed by atoms with E-state index in [1.165, 1.54) is 16.2 Å². The van der Waals surface area contributed by atoms with Crippen LogP contribution in [0.3, 0.4) is 0 Å². The van der Waals surface area contributed by atoms with Gasteiger partial charge in [0.15, 0.2) is 0 Å². The summed E-state index contributed by atoms with van der Waals surface area (Å²) in [6, 6.07) is 0. The summed E-state index contributed by atoms with van der Waals surface area (Å²) in [6.07, 6.45) is 0. The molecule has 3 amide bonds. The lowest BCUT2D eigenvalue weighted by Crippen LogP contribution is -2.53. The lowest BCUT2D eigenvalue weighted by Gasteiger charge is -2.25. The molecule has 0 radical (unpaired) electrons. The molecule has 2 aromatic rings. The van der Waals surface area contributed by atoms with E-state index in [0.29, 0.717) is 10.6 Å². The normalized spacial score (nSPS) is 15.6. The summed E-state index contributed by atoms with van der Waals surface area (Å²) in [6.45, 7) is 1.53. The molecule has 0 saturated carbocycles. The molecule has 0 atom stereocenters. The predicted molar refractivity (Wildman–Crippen MR) is 76.8 cm³/mol. The Balaban J connectivity index is 2.02. The number of anilines is 1. The highest BCUT2D eigenvalue weighted by molar-refractivity contribution is 7.21. The molecule has 0 spiro atoms. The van der Waals surface area contributed by atoms with Gasteiger partial charge < -0.3 is 10.6 Å². The zero-order valence-corrected chi connectivity index (χ0v) is 12.3. The van der Waals surface area contributed by atoms with E-state index >= 15 is 0 Å². The van der Waals surface area contributed by atoms with Crippen molar-refractivity contribution in [1.29, 1.82) is 0 Å². The molecule has 21 heavy (non-hydrogen) atoms. The van der Waals surface area contributed by atoms with Crippen LogP contribution in [-0.4, -0.2) is 45.5 Å². The van der Waals surface area contributed by atoms with Crippen molar-refractivity contribution in [2.45, 2.75) is 6.92 Å². The zero-order chi connectivity index (χ0) is 15.3.